The fourth-order valence-corrected chi connectivity index (χ4v) is 3.40. The molecule has 1 atom stereocenters. The van der Waals surface area contributed by atoms with Gasteiger partial charge in [0.2, 0.25) is 0 Å². The molecule has 0 unspecified atom stereocenters. The maximum absolute atomic E-state index is 12.4. The summed E-state index contributed by atoms with van der Waals surface area (Å²) in [5, 5.41) is 13.9. The van der Waals surface area contributed by atoms with Crippen molar-refractivity contribution in [2.24, 2.45) is 0 Å². The molecule has 1 heterocycles. The second-order valence-corrected chi connectivity index (χ2v) is 6.87. The topological polar surface area (TPSA) is 58.6 Å². The van der Waals surface area contributed by atoms with Crippen molar-refractivity contribution in [3.63, 3.8) is 0 Å². The highest BCUT2D eigenvalue weighted by atomic mass is 35.5. The molecule has 5 heteroatoms. The second kappa shape index (κ2) is 8.00. The Balaban J connectivity index is 1.73. The third-order valence-electron chi connectivity index (χ3n) is 4.87. The van der Waals surface area contributed by atoms with Crippen LogP contribution < -0.4 is 5.32 Å². The number of nitrogens with one attached hydrogen (secondary N) is 1. The predicted molar refractivity (Wildman–Crippen MR) is 97.6 cm³/mol. The van der Waals surface area contributed by atoms with Gasteiger partial charge in [0.1, 0.15) is 0 Å². The van der Waals surface area contributed by atoms with Gasteiger partial charge in [-0.3, -0.25) is 4.79 Å². The molecule has 1 aliphatic heterocycles. The summed E-state index contributed by atoms with van der Waals surface area (Å²) in [5.74, 6) is -0.383. The first-order valence-corrected chi connectivity index (χ1v) is 8.83. The Morgan fingerprint density at radius 2 is 1.76 bits per heavy atom. The molecule has 1 fully saturated rings. The Kier molecular flexibility index (Phi) is 5.74. The number of hydrogen-bond acceptors (Lipinski definition) is 3. The molecule has 2 aromatic rings. The molecule has 1 saturated heterocycles. The molecule has 2 aromatic carbocycles. The van der Waals surface area contributed by atoms with Gasteiger partial charge in [0.25, 0.3) is 5.91 Å². The Labute approximate surface area is 152 Å². The highest BCUT2D eigenvalue weighted by Crippen LogP contribution is 2.35. The van der Waals surface area contributed by atoms with Gasteiger partial charge >= 0.3 is 0 Å². The summed E-state index contributed by atoms with van der Waals surface area (Å²) in [7, 11) is 0. The van der Waals surface area contributed by atoms with Crippen LogP contribution in [0.15, 0.2) is 54.6 Å². The molecular formula is C20H22ClNO3. The molecule has 0 saturated carbocycles. The maximum atomic E-state index is 12.4. The van der Waals surface area contributed by atoms with Gasteiger partial charge in [-0.25, -0.2) is 0 Å². The molecule has 0 bridgehead atoms. The first kappa shape index (κ1) is 17.9. The van der Waals surface area contributed by atoms with Crippen LogP contribution in [-0.2, 0) is 14.9 Å². The maximum Gasteiger partial charge on any atom is 0.253 e. The number of ether oxygens (including phenoxy) is 1. The van der Waals surface area contributed by atoms with E-state index in [1.807, 2.05) is 30.3 Å². The fourth-order valence-electron chi connectivity index (χ4n) is 3.27. The van der Waals surface area contributed by atoms with Gasteiger partial charge in [-0.2, -0.15) is 0 Å². The van der Waals surface area contributed by atoms with E-state index in [1.165, 1.54) is 0 Å². The molecule has 3 rings (SSSR count). The van der Waals surface area contributed by atoms with Gasteiger partial charge in [0.15, 0.2) is 6.10 Å². The van der Waals surface area contributed by atoms with E-state index in [2.05, 4.69) is 5.32 Å². The largest absolute Gasteiger partial charge is 0.381 e. The van der Waals surface area contributed by atoms with E-state index >= 15 is 0 Å². The fraction of sp³-hybridized carbons (Fsp3) is 0.350. The van der Waals surface area contributed by atoms with Gasteiger partial charge in [0.05, 0.1) is 0 Å². The lowest BCUT2D eigenvalue weighted by Gasteiger charge is -2.38. The Morgan fingerprint density at radius 3 is 2.40 bits per heavy atom. The van der Waals surface area contributed by atoms with Crippen LogP contribution in [0.25, 0.3) is 0 Å². The van der Waals surface area contributed by atoms with Crippen LogP contribution in [0, 0.1) is 0 Å². The summed E-state index contributed by atoms with van der Waals surface area (Å²) in [6.07, 6.45) is 0.468. The number of aliphatic hydroxyl groups is 1. The van der Waals surface area contributed by atoms with E-state index in [4.69, 9.17) is 16.3 Å². The smallest absolute Gasteiger partial charge is 0.253 e. The van der Waals surface area contributed by atoms with Crippen LogP contribution in [0.1, 0.15) is 30.1 Å². The lowest BCUT2D eigenvalue weighted by atomic mass is 9.74. The third kappa shape index (κ3) is 4.21. The molecule has 132 valence electrons. The van der Waals surface area contributed by atoms with Gasteiger partial charge in [-0.1, -0.05) is 54.1 Å². The number of amides is 1. The minimum Gasteiger partial charge on any atom is -0.381 e. The molecule has 0 spiro atoms. The van der Waals surface area contributed by atoms with Gasteiger partial charge in [0, 0.05) is 30.2 Å². The van der Waals surface area contributed by atoms with Crippen LogP contribution in [0.2, 0.25) is 5.02 Å². The normalized spacial score (nSPS) is 17.7. The SMILES string of the molecule is O=C(NCC1(c2ccc(Cl)cc2)CCOCC1)[C@@H](O)c1ccccc1. The number of benzene rings is 2. The Morgan fingerprint density at radius 1 is 1.12 bits per heavy atom. The quantitative estimate of drug-likeness (QED) is 0.861. The number of halogens is 1. The van der Waals surface area contributed by atoms with Crippen molar-refractivity contribution in [2.45, 2.75) is 24.4 Å². The lowest BCUT2D eigenvalue weighted by molar-refractivity contribution is -0.130. The van der Waals surface area contributed by atoms with Crippen molar-refractivity contribution < 1.29 is 14.6 Å². The Bertz CT molecular complexity index is 697. The first-order valence-electron chi connectivity index (χ1n) is 8.45. The molecule has 0 aromatic heterocycles. The van der Waals surface area contributed by atoms with Crippen molar-refractivity contribution >= 4 is 17.5 Å². The summed E-state index contributed by atoms with van der Waals surface area (Å²) in [5.41, 5.74) is 1.52. The first-order chi connectivity index (χ1) is 12.1. The predicted octanol–water partition coefficient (Wildman–Crippen LogP) is 3.24. The summed E-state index contributed by atoms with van der Waals surface area (Å²) >= 11 is 6.01. The minimum absolute atomic E-state index is 0.199. The lowest BCUT2D eigenvalue weighted by Crippen LogP contribution is -2.45. The molecule has 0 aliphatic carbocycles. The van der Waals surface area contributed by atoms with E-state index in [9.17, 15) is 9.90 Å². The van der Waals surface area contributed by atoms with Gasteiger partial charge in [-0.05, 0) is 36.1 Å². The average molecular weight is 360 g/mol. The standard InChI is InChI=1S/C20H22ClNO3/c21-17-8-6-16(7-9-17)20(10-12-25-13-11-20)14-22-19(24)18(23)15-4-2-1-3-5-15/h1-9,18,23H,10-14H2,(H,22,24)/t18-/m0/s1. The summed E-state index contributed by atoms with van der Waals surface area (Å²) < 4.78 is 5.51. The number of rotatable bonds is 5. The van der Waals surface area contributed by atoms with Crippen molar-refractivity contribution in [2.75, 3.05) is 19.8 Å². The monoisotopic (exact) mass is 359 g/mol. The van der Waals surface area contributed by atoms with Crippen molar-refractivity contribution in [1.29, 1.82) is 0 Å². The third-order valence-corrected chi connectivity index (χ3v) is 5.12. The summed E-state index contributed by atoms with van der Waals surface area (Å²) in [6.45, 7) is 1.76. The van der Waals surface area contributed by atoms with Crippen LogP contribution in [-0.4, -0.2) is 30.8 Å². The van der Waals surface area contributed by atoms with Crippen LogP contribution >= 0.6 is 11.6 Å². The van der Waals surface area contributed by atoms with E-state index in [0.717, 1.165) is 18.4 Å². The van der Waals surface area contributed by atoms with E-state index in [-0.39, 0.29) is 11.3 Å². The highest BCUT2D eigenvalue weighted by molar-refractivity contribution is 6.30. The van der Waals surface area contributed by atoms with Crippen LogP contribution in [0.4, 0.5) is 0 Å². The molecule has 4 nitrogen and oxygen atoms in total. The van der Waals surface area contributed by atoms with Gasteiger partial charge < -0.3 is 15.2 Å². The van der Waals surface area contributed by atoms with E-state index < -0.39 is 6.10 Å². The number of carbonyl (C=O) groups is 1. The number of carbonyl (C=O) groups excluding carboxylic acids is 1. The molecular weight excluding hydrogens is 338 g/mol. The second-order valence-electron chi connectivity index (χ2n) is 6.43. The van der Waals surface area contributed by atoms with Crippen molar-refractivity contribution in [3.8, 4) is 0 Å². The number of aliphatic hydroxyl groups excluding tert-OH is 1. The van der Waals surface area contributed by atoms with Gasteiger partial charge in [-0.15, -0.1) is 0 Å². The van der Waals surface area contributed by atoms with Crippen molar-refractivity contribution in [1.82, 2.24) is 5.32 Å². The van der Waals surface area contributed by atoms with Crippen LogP contribution in [0.5, 0.6) is 0 Å². The minimum atomic E-state index is -1.16. The van der Waals surface area contributed by atoms with Crippen LogP contribution in [0.3, 0.4) is 0 Å². The summed E-state index contributed by atoms with van der Waals surface area (Å²) in [4.78, 5) is 12.4. The zero-order chi connectivity index (χ0) is 17.7. The molecule has 1 aliphatic rings. The average Bonchev–Trinajstić information content (AvgIpc) is 2.67. The zero-order valence-electron chi connectivity index (χ0n) is 14.0. The Hall–Kier alpha value is -1.88. The zero-order valence-corrected chi connectivity index (χ0v) is 14.7. The molecule has 2 N–H and O–H groups in total. The van der Waals surface area contributed by atoms with E-state index in [0.29, 0.717) is 30.3 Å². The molecule has 25 heavy (non-hydrogen) atoms. The summed E-state index contributed by atoms with van der Waals surface area (Å²) in [6, 6.07) is 16.7. The van der Waals surface area contributed by atoms with E-state index in [1.54, 1.807) is 24.3 Å². The molecule has 1 amide bonds. The number of hydrogen-bond donors (Lipinski definition) is 2. The highest BCUT2D eigenvalue weighted by Gasteiger charge is 2.35. The molecule has 0 radical (unpaired) electrons. The van der Waals surface area contributed by atoms with Crippen molar-refractivity contribution in [3.05, 3.63) is 70.7 Å².